The lowest BCUT2D eigenvalue weighted by Gasteiger charge is -2.02. The highest BCUT2D eigenvalue weighted by Gasteiger charge is 1.97. The Morgan fingerprint density at radius 1 is 0.882 bits per heavy atom. The molecule has 1 heteroatoms. The van der Waals surface area contributed by atoms with Crippen molar-refractivity contribution in [2.75, 3.05) is 0 Å². The van der Waals surface area contributed by atoms with Crippen molar-refractivity contribution in [2.45, 2.75) is 34.1 Å². The molecule has 0 atom stereocenters. The fourth-order valence-corrected chi connectivity index (χ4v) is 1.55. The first-order valence-corrected chi connectivity index (χ1v) is 6.31. The van der Waals surface area contributed by atoms with Crippen LogP contribution in [0.2, 0.25) is 0 Å². The van der Waals surface area contributed by atoms with Crippen molar-refractivity contribution in [3.63, 3.8) is 0 Å². The highest BCUT2D eigenvalue weighted by molar-refractivity contribution is 5.62. The van der Waals surface area contributed by atoms with Crippen LogP contribution < -0.4 is 0 Å². The van der Waals surface area contributed by atoms with Crippen LogP contribution in [-0.4, -0.2) is 4.98 Å². The Morgan fingerprint density at radius 3 is 1.94 bits per heavy atom. The molecule has 0 aliphatic carbocycles. The number of aryl methyl sites for hydroxylation is 2. The minimum absolute atomic E-state index is 0.994. The molecule has 2 aromatic rings. The van der Waals surface area contributed by atoms with Gasteiger partial charge in [0.05, 0.1) is 0 Å². The fourth-order valence-electron chi connectivity index (χ4n) is 1.55. The molecule has 1 nitrogen and oxygen atoms in total. The molecule has 0 spiro atoms. The summed E-state index contributed by atoms with van der Waals surface area (Å²) in [7, 11) is 0. The molecule has 1 heterocycles. The second-order valence-corrected chi connectivity index (χ2v) is 3.76. The van der Waals surface area contributed by atoms with Gasteiger partial charge in [0.2, 0.25) is 0 Å². The first-order chi connectivity index (χ1) is 8.29. The molecule has 90 valence electrons. The quantitative estimate of drug-likeness (QED) is 0.728. The van der Waals surface area contributed by atoms with Crippen LogP contribution in [0.5, 0.6) is 0 Å². The van der Waals surface area contributed by atoms with Crippen LogP contribution in [0.25, 0.3) is 11.1 Å². The lowest BCUT2D eigenvalue weighted by Crippen LogP contribution is -1.86. The molecule has 0 fully saturated rings. The second kappa shape index (κ2) is 6.85. The van der Waals surface area contributed by atoms with Gasteiger partial charge in [-0.25, -0.2) is 0 Å². The Hall–Kier alpha value is -1.63. The van der Waals surface area contributed by atoms with E-state index in [9.17, 15) is 0 Å². The maximum absolute atomic E-state index is 4.40. The number of rotatable bonds is 2. The van der Waals surface area contributed by atoms with E-state index in [1.165, 1.54) is 16.7 Å². The number of nitrogens with zero attached hydrogens (tertiary/aromatic N) is 1. The summed E-state index contributed by atoms with van der Waals surface area (Å²) in [6.07, 6.45) is 2.94. The minimum atomic E-state index is 0.994. The molecular formula is C16H21N. The van der Waals surface area contributed by atoms with E-state index in [-0.39, 0.29) is 0 Å². The van der Waals surface area contributed by atoms with Crippen molar-refractivity contribution in [2.24, 2.45) is 0 Å². The van der Waals surface area contributed by atoms with Crippen molar-refractivity contribution in [1.82, 2.24) is 4.98 Å². The van der Waals surface area contributed by atoms with Crippen LogP contribution >= 0.6 is 0 Å². The van der Waals surface area contributed by atoms with Crippen LogP contribution in [0, 0.1) is 6.92 Å². The molecule has 0 saturated heterocycles. The highest BCUT2D eigenvalue weighted by Crippen LogP contribution is 2.18. The zero-order valence-corrected chi connectivity index (χ0v) is 11.2. The fraction of sp³-hybridized carbons (Fsp3) is 0.312. The molecule has 1 aromatic carbocycles. The SMILES string of the molecule is CC.CCc1ccc(-c2ccc(C)cc2)cn1. The number of benzene rings is 1. The van der Waals surface area contributed by atoms with Crippen molar-refractivity contribution in [1.29, 1.82) is 0 Å². The number of aromatic nitrogens is 1. The summed E-state index contributed by atoms with van der Waals surface area (Å²) in [5.74, 6) is 0. The number of hydrogen-bond donors (Lipinski definition) is 0. The van der Waals surface area contributed by atoms with Crippen LogP contribution in [0.1, 0.15) is 32.0 Å². The second-order valence-electron chi connectivity index (χ2n) is 3.76. The summed E-state index contributed by atoms with van der Waals surface area (Å²) in [6, 6.07) is 12.8. The van der Waals surface area contributed by atoms with E-state index < -0.39 is 0 Å². The summed E-state index contributed by atoms with van der Waals surface area (Å²) >= 11 is 0. The summed E-state index contributed by atoms with van der Waals surface area (Å²) < 4.78 is 0. The van der Waals surface area contributed by atoms with E-state index in [2.05, 4.69) is 55.2 Å². The van der Waals surface area contributed by atoms with Gasteiger partial charge in [-0.2, -0.15) is 0 Å². The Bertz CT molecular complexity index is 426. The van der Waals surface area contributed by atoms with Crippen LogP contribution in [0.15, 0.2) is 42.6 Å². The zero-order chi connectivity index (χ0) is 12.7. The molecule has 0 saturated carbocycles. The van der Waals surface area contributed by atoms with Crippen LogP contribution in [0.4, 0.5) is 0 Å². The molecule has 0 bridgehead atoms. The molecule has 0 aliphatic heterocycles. The van der Waals surface area contributed by atoms with Gasteiger partial charge in [-0.3, -0.25) is 4.98 Å². The molecule has 17 heavy (non-hydrogen) atoms. The van der Waals surface area contributed by atoms with Gasteiger partial charge in [0.15, 0.2) is 0 Å². The van der Waals surface area contributed by atoms with E-state index in [1.807, 2.05) is 20.0 Å². The van der Waals surface area contributed by atoms with Gasteiger partial charge in [0, 0.05) is 17.5 Å². The van der Waals surface area contributed by atoms with E-state index in [0.717, 1.165) is 12.1 Å². The third-order valence-corrected chi connectivity index (χ3v) is 2.57. The Balaban J connectivity index is 0.000000686. The molecule has 0 amide bonds. The number of hydrogen-bond acceptors (Lipinski definition) is 1. The monoisotopic (exact) mass is 227 g/mol. The first-order valence-electron chi connectivity index (χ1n) is 6.31. The largest absolute Gasteiger partial charge is 0.261 e. The topological polar surface area (TPSA) is 12.9 Å². The van der Waals surface area contributed by atoms with E-state index >= 15 is 0 Å². The molecular weight excluding hydrogens is 206 g/mol. The lowest BCUT2D eigenvalue weighted by molar-refractivity contribution is 1.04. The van der Waals surface area contributed by atoms with Gasteiger partial charge in [0.1, 0.15) is 0 Å². The Morgan fingerprint density at radius 2 is 1.47 bits per heavy atom. The predicted molar refractivity (Wildman–Crippen MR) is 75.1 cm³/mol. The molecule has 2 rings (SSSR count). The highest BCUT2D eigenvalue weighted by atomic mass is 14.7. The van der Waals surface area contributed by atoms with Crippen molar-refractivity contribution in [3.8, 4) is 11.1 Å². The van der Waals surface area contributed by atoms with Gasteiger partial charge < -0.3 is 0 Å². The summed E-state index contributed by atoms with van der Waals surface area (Å²) in [4.78, 5) is 4.40. The molecule has 0 radical (unpaired) electrons. The average Bonchev–Trinajstić information content (AvgIpc) is 2.42. The predicted octanol–water partition coefficient (Wildman–Crippen LogP) is 4.65. The Kier molecular flexibility index (Phi) is 5.41. The van der Waals surface area contributed by atoms with E-state index in [1.54, 1.807) is 0 Å². The van der Waals surface area contributed by atoms with Gasteiger partial charge in [-0.1, -0.05) is 56.7 Å². The molecule has 1 aromatic heterocycles. The minimum Gasteiger partial charge on any atom is -0.261 e. The van der Waals surface area contributed by atoms with Crippen LogP contribution in [0.3, 0.4) is 0 Å². The average molecular weight is 227 g/mol. The van der Waals surface area contributed by atoms with Gasteiger partial charge in [-0.15, -0.1) is 0 Å². The normalized spacial score (nSPS) is 9.41. The number of pyridine rings is 1. The molecule has 0 unspecified atom stereocenters. The first kappa shape index (κ1) is 13.4. The summed E-state index contributed by atoms with van der Waals surface area (Å²) in [6.45, 7) is 8.22. The van der Waals surface area contributed by atoms with Crippen molar-refractivity contribution >= 4 is 0 Å². The van der Waals surface area contributed by atoms with E-state index in [4.69, 9.17) is 0 Å². The Labute approximate surface area is 105 Å². The van der Waals surface area contributed by atoms with Gasteiger partial charge in [0.25, 0.3) is 0 Å². The third-order valence-electron chi connectivity index (χ3n) is 2.57. The van der Waals surface area contributed by atoms with Gasteiger partial charge in [-0.05, 0) is 25.0 Å². The summed E-state index contributed by atoms with van der Waals surface area (Å²) in [5.41, 5.74) is 4.85. The zero-order valence-electron chi connectivity index (χ0n) is 11.2. The summed E-state index contributed by atoms with van der Waals surface area (Å²) in [5, 5.41) is 0. The lowest BCUT2D eigenvalue weighted by atomic mass is 10.1. The van der Waals surface area contributed by atoms with Gasteiger partial charge >= 0.3 is 0 Å². The van der Waals surface area contributed by atoms with Crippen molar-refractivity contribution < 1.29 is 0 Å². The standard InChI is InChI=1S/C14H15N.C2H6/c1-3-14-9-8-13(10-15-14)12-6-4-11(2)5-7-12;1-2/h4-10H,3H2,1-2H3;1-2H3. The van der Waals surface area contributed by atoms with Crippen molar-refractivity contribution in [3.05, 3.63) is 53.9 Å². The smallest absolute Gasteiger partial charge is 0.0401 e. The third kappa shape index (κ3) is 3.70. The maximum Gasteiger partial charge on any atom is 0.0401 e. The maximum atomic E-state index is 4.40. The molecule has 0 aliphatic rings. The molecule has 0 N–H and O–H groups in total. The van der Waals surface area contributed by atoms with Crippen LogP contribution in [-0.2, 0) is 6.42 Å². The van der Waals surface area contributed by atoms with E-state index in [0.29, 0.717) is 0 Å².